The Balaban J connectivity index is 1.53. The fourth-order valence-corrected chi connectivity index (χ4v) is 5.01. The molecule has 9 N–H and O–H groups in total. The maximum Gasteiger partial charge on any atom is 0.251 e. The minimum Gasteiger partial charge on any atom is -0.402 e. The zero-order valence-electron chi connectivity index (χ0n) is 22.0. The molecule has 3 aromatic rings. The number of amides is 1. The van der Waals surface area contributed by atoms with Crippen molar-refractivity contribution in [2.45, 2.75) is 25.3 Å². The zero-order valence-corrected chi connectivity index (χ0v) is 22.0. The molecule has 0 spiro atoms. The first kappa shape index (κ1) is 27.8. The predicted octanol–water partition coefficient (Wildman–Crippen LogP) is 3.37. The van der Waals surface area contributed by atoms with Crippen LogP contribution in [0.25, 0.3) is 5.57 Å². The molecule has 1 amide bonds. The monoisotopic (exact) mass is 523 g/mol. The molecule has 0 saturated carbocycles. The van der Waals surface area contributed by atoms with Crippen LogP contribution in [0.15, 0.2) is 96.7 Å². The van der Waals surface area contributed by atoms with E-state index in [4.69, 9.17) is 22.6 Å². The molecule has 0 aliphatic heterocycles. The van der Waals surface area contributed by atoms with Gasteiger partial charge in [0.2, 0.25) is 0 Å². The van der Waals surface area contributed by atoms with E-state index in [2.05, 4.69) is 5.32 Å². The Morgan fingerprint density at radius 2 is 1.67 bits per heavy atom. The van der Waals surface area contributed by atoms with Crippen LogP contribution >= 0.6 is 0 Å². The molecule has 3 atom stereocenters. The molecule has 7 heteroatoms. The zero-order chi connectivity index (χ0) is 27.8. The number of aliphatic hydroxyl groups excluding tert-OH is 1. The quantitative estimate of drug-likeness (QED) is 0.168. The number of carbonyl (C=O) groups is 1. The van der Waals surface area contributed by atoms with E-state index in [9.17, 15) is 9.90 Å². The molecule has 0 aromatic heterocycles. The van der Waals surface area contributed by atoms with Gasteiger partial charge in [-0.1, -0.05) is 66.7 Å². The van der Waals surface area contributed by atoms with Crippen molar-refractivity contribution < 1.29 is 9.90 Å². The van der Waals surface area contributed by atoms with E-state index in [1.807, 2.05) is 84.9 Å². The van der Waals surface area contributed by atoms with Gasteiger partial charge in [0.25, 0.3) is 5.91 Å². The van der Waals surface area contributed by atoms with Gasteiger partial charge in [-0.2, -0.15) is 0 Å². The normalized spacial score (nSPS) is 16.5. The number of aliphatic hydroxyl groups is 1. The lowest BCUT2D eigenvalue weighted by molar-refractivity contribution is 0.0903. The van der Waals surface area contributed by atoms with Crippen LogP contribution < -0.4 is 22.5 Å². The van der Waals surface area contributed by atoms with Gasteiger partial charge in [-0.05, 0) is 65.8 Å². The van der Waals surface area contributed by atoms with Crippen molar-refractivity contribution in [2.75, 3.05) is 13.2 Å². The molecule has 3 aromatic carbocycles. The number of nitrogens with two attached hydrogens (primary N) is 3. The third kappa shape index (κ3) is 7.22. The van der Waals surface area contributed by atoms with Gasteiger partial charge in [0.1, 0.15) is 5.84 Å². The van der Waals surface area contributed by atoms with E-state index in [-0.39, 0.29) is 36.2 Å². The summed E-state index contributed by atoms with van der Waals surface area (Å²) < 4.78 is 0. The van der Waals surface area contributed by atoms with Gasteiger partial charge in [-0.3, -0.25) is 10.2 Å². The molecule has 0 bridgehead atoms. The van der Waals surface area contributed by atoms with Gasteiger partial charge >= 0.3 is 0 Å². The van der Waals surface area contributed by atoms with Crippen LogP contribution in [0, 0.1) is 17.2 Å². The summed E-state index contributed by atoms with van der Waals surface area (Å²) in [7, 11) is 0. The third-order valence-corrected chi connectivity index (χ3v) is 7.37. The highest BCUT2D eigenvalue weighted by Crippen LogP contribution is 2.29. The summed E-state index contributed by atoms with van der Waals surface area (Å²) >= 11 is 0. The number of rotatable bonds is 11. The molecule has 3 unspecified atom stereocenters. The Morgan fingerprint density at radius 1 is 0.949 bits per heavy atom. The average Bonchev–Trinajstić information content (AvgIpc) is 2.96. The van der Waals surface area contributed by atoms with E-state index >= 15 is 0 Å². The molecule has 39 heavy (non-hydrogen) atoms. The van der Waals surface area contributed by atoms with Gasteiger partial charge in [0.05, 0.1) is 0 Å². The molecule has 0 radical (unpaired) electrons. The summed E-state index contributed by atoms with van der Waals surface area (Å²) in [5.41, 5.74) is 23.8. The van der Waals surface area contributed by atoms with E-state index < -0.39 is 0 Å². The Morgan fingerprint density at radius 3 is 2.33 bits per heavy atom. The van der Waals surface area contributed by atoms with Crippen molar-refractivity contribution in [3.8, 4) is 0 Å². The Labute approximate surface area is 229 Å². The van der Waals surface area contributed by atoms with Gasteiger partial charge in [0.15, 0.2) is 0 Å². The van der Waals surface area contributed by atoms with E-state index in [1.54, 1.807) is 6.07 Å². The van der Waals surface area contributed by atoms with Crippen molar-refractivity contribution >= 4 is 17.3 Å². The molecule has 1 aliphatic rings. The molecular weight excluding hydrogens is 486 g/mol. The first-order valence-electron chi connectivity index (χ1n) is 13.2. The van der Waals surface area contributed by atoms with E-state index in [1.165, 1.54) is 0 Å². The van der Waals surface area contributed by atoms with Gasteiger partial charge in [0, 0.05) is 47.9 Å². The number of benzene rings is 3. The molecule has 7 nitrogen and oxygen atoms in total. The van der Waals surface area contributed by atoms with Crippen LogP contribution in [0.2, 0.25) is 0 Å². The third-order valence-electron chi connectivity index (χ3n) is 7.37. The first-order valence-corrected chi connectivity index (χ1v) is 13.2. The number of allylic oxidation sites excluding steroid dienone is 3. The average molecular weight is 524 g/mol. The highest BCUT2D eigenvalue weighted by atomic mass is 16.3. The number of hydrogen-bond acceptors (Lipinski definition) is 5. The Hall–Kier alpha value is -4.20. The smallest absolute Gasteiger partial charge is 0.251 e. The standard InChI is InChI=1S/C32H37N5O2/c33-19-27-18-25(13-14-29(27)34)23-9-11-24(12-10-23)32(39)37-30(17-21-5-2-1-3-6-21)28(20-38)16-22-7-4-8-26(15-22)31(35)36/h1-15,27-28,30,38H,16-20,33-34H2,(H3,35,36)(H,37,39). The summed E-state index contributed by atoms with van der Waals surface area (Å²) in [4.78, 5) is 13.4. The molecule has 0 fully saturated rings. The summed E-state index contributed by atoms with van der Waals surface area (Å²) in [6.45, 7) is 0.391. The molecular formula is C32H37N5O2. The largest absolute Gasteiger partial charge is 0.402 e. The maximum absolute atomic E-state index is 13.4. The van der Waals surface area contributed by atoms with Crippen LogP contribution in [-0.4, -0.2) is 36.0 Å². The lowest BCUT2D eigenvalue weighted by Crippen LogP contribution is -2.44. The van der Waals surface area contributed by atoms with Crippen molar-refractivity contribution in [2.24, 2.45) is 29.0 Å². The lowest BCUT2D eigenvalue weighted by Gasteiger charge is -2.27. The highest BCUT2D eigenvalue weighted by molar-refractivity contribution is 5.95. The van der Waals surface area contributed by atoms with Crippen LogP contribution in [0.1, 0.15) is 39.0 Å². The SMILES string of the molecule is N=C(N)c1cccc(CC(CO)C(Cc2ccccc2)NC(=O)c2ccc(C3=CC=C(N)C(CN)C3)cc2)c1. The van der Waals surface area contributed by atoms with Gasteiger partial charge in [-0.25, -0.2) is 0 Å². The van der Waals surface area contributed by atoms with E-state index in [0.29, 0.717) is 30.5 Å². The Kier molecular flexibility index (Phi) is 9.31. The van der Waals surface area contributed by atoms with Crippen molar-refractivity contribution in [1.82, 2.24) is 5.32 Å². The van der Waals surface area contributed by atoms with Crippen LogP contribution in [0.4, 0.5) is 0 Å². The fraction of sp³-hybridized carbons (Fsp3) is 0.250. The van der Waals surface area contributed by atoms with Crippen LogP contribution in [0.3, 0.4) is 0 Å². The minimum absolute atomic E-state index is 0.00277. The molecule has 202 valence electrons. The summed E-state index contributed by atoms with van der Waals surface area (Å²) in [5.74, 6) is -0.316. The van der Waals surface area contributed by atoms with Crippen molar-refractivity contribution in [3.05, 3.63) is 125 Å². The van der Waals surface area contributed by atoms with Crippen LogP contribution in [0.5, 0.6) is 0 Å². The van der Waals surface area contributed by atoms with E-state index in [0.717, 1.165) is 34.4 Å². The van der Waals surface area contributed by atoms with Gasteiger partial charge in [-0.15, -0.1) is 0 Å². The number of nitrogens with one attached hydrogen (secondary N) is 2. The molecule has 4 rings (SSSR count). The summed E-state index contributed by atoms with van der Waals surface area (Å²) in [5, 5.41) is 21.3. The first-order chi connectivity index (χ1) is 18.9. The number of carbonyl (C=O) groups excluding carboxylic acids is 1. The fourth-order valence-electron chi connectivity index (χ4n) is 5.01. The second-order valence-electron chi connectivity index (χ2n) is 10.1. The molecule has 0 saturated heterocycles. The number of hydrogen-bond donors (Lipinski definition) is 6. The highest BCUT2D eigenvalue weighted by Gasteiger charge is 2.25. The summed E-state index contributed by atoms with van der Waals surface area (Å²) in [6.07, 6.45) is 5.79. The second-order valence-corrected chi connectivity index (χ2v) is 10.1. The minimum atomic E-state index is -0.315. The lowest BCUT2D eigenvalue weighted by atomic mass is 9.87. The van der Waals surface area contributed by atoms with Crippen LogP contribution in [-0.2, 0) is 12.8 Å². The number of amidine groups is 1. The molecule has 0 heterocycles. The Bertz CT molecular complexity index is 1350. The van der Waals surface area contributed by atoms with Crippen molar-refractivity contribution in [1.29, 1.82) is 5.41 Å². The second kappa shape index (κ2) is 13.0. The summed E-state index contributed by atoms with van der Waals surface area (Å²) in [6, 6.07) is 24.6. The molecule has 1 aliphatic carbocycles. The predicted molar refractivity (Wildman–Crippen MR) is 157 cm³/mol. The van der Waals surface area contributed by atoms with Gasteiger partial charge < -0.3 is 27.6 Å². The maximum atomic E-state index is 13.4. The number of nitrogen functional groups attached to an aromatic ring is 1. The topological polar surface area (TPSA) is 151 Å². The van der Waals surface area contributed by atoms with Crippen molar-refractivity contribution in [3.63, 3.8) is 0 Å².